The molecule has 1 aromatic heterocycles. The van der Waals surface area contributed by atoms with Crippen molar-refractivity contribution >= 4 is 11.3 Å². The number of ether oxygens (including phenoxy) is 2. The van der Waals surface area contributed by atoms with Crippen LogP contribution >= 0.6 is 11.3 Å². The first-order chi connectivity index (χ1) is 10.1. The van der Waals surface area contributed by atoms with Gasteiger partial charge >= 0.3 is 0 Å². The maximum absolute atomic E-state index is 5.54. The van der Waals surface area contributed by atoms with E-state index in [9.17, 15) is 0 Å². The Bertz CT molecular complexity index is 580. The highest BCUT2D eigenvalue weighted by Gasteiger charge is 2.09. The lowest BCUT2D eigenvalue weighted by Crippen LogP contribution is -2.17. The second-order valence-corrected chi connectivity index (χ2v) is 6.29. The number of aryl methyl sites for hydroxylation is 1. The lowest BCUT2D eigenvalue weighted by Gasteiger charge is -2.14. The smallest absolute Gasteiger partial charge is 0.161 e. The van der Waals surface area contributed by atoms with Crippen molar-refractivity contribution in [3.05, 3.63) is 45.6 Å². The van der Waals surface area contributed by atoms with Gasteiger partial charge in [0.05, 0.1) is 13.7 Å². The Morgan fingerprint density at radius 1 is 1.19 bits per heavy atom. The molecule has 0 aliphatic rings. The molecule has 4 heteroatoms. The van der Waals surface area contributed by atoms with Crippen LogP contribution in [0.1, 0.15) is 35.2 Å². The van der Waals surface area contributed by atoms with E-state index in [2.05, 4.69) is 37.4 Å². The van der Waals surface area contributed by atoms with E-state index in [4.69, 9.17) is 9.47 Å². The summed E-state index contributed by atoms with van der Waals surface area (Å²) in [5.41, 5.74) is 1.19. The number of benzene rings is 1. The predicted molar refractivity (Wildman–Crippen MR) is 88.5 cm³/mol. The molecule has 114 valence electrons. The van der Waals surface area contributed by atoms with Crippen LogP contribution in [-0.2, 0) is 6.54 Å². The van der Waals surface area contributed by atoms with Gasteiger partial charge < -0.3 is 14.8 Å². The van der Waals surface area contributed by atoms with Crippen molar-refractivity contribution in [3.8, 4) is 11.5 Å². The first kappa shape index (κ1) is 15.9. The third kappa shape index (κ3) is 4.22. The molecule has 0 fully saturated rings. The molecule has 1 N–H and O–H groups in total. The van der Waals surface area contributed by atoms with E-state index >= 15 is 0 Å². The van der Waals surface area contributed by atoms with E-state index < -0.39 is 0 Å². The molecule has 0 radical (unpaired) electrons. The van der Waals surface area contributed by atoms with Gasteiger partial charge in [-0.1, -0.05) is 6.07 Å². The lowest BCUT2D eigenvalue weighted by molar-refractivity contribution is 0.310. The Morgan fingerprint density at radius 2 is 2.00 bits per heavy atom. The fourth-order valence-corrected chi connectivity index (χ4v) is 3.06. The van der Waals surface area contributed by atoms with Gasteiger partial charge in [0.15, 0.2) is 11.5 Å². The molecule has 1 heterocycles. The van der Waals surface area contributed by atoms with Crippen molar-refractivity contribution < 1.29 is 9.47 Å². The predicted octanol–water partition coefficient (Wildman–Crippen LogP) is 4.31. The van der Waals surface area contributed by atoms with E-state index in [1.165, 1.54) is 15.3 Å². The fraction of sp³-hybridized carbons (Fsp3) is 0.412. The third-order valence-corrected chi connectivity index (χ3v) is 4.51. The van der Waals surface area contributed by atoms with E-state index in [1.807, 2.05) is 30.4 Å². The number of hydrogen-bond donors (Lipinski definition) is 1. The van der Waals surface area contributed by atoms with Crippen LogP contribution in [-0.4, -0.2) is 13.7 Å². The Hall–Kier alpha value is -1.52. The second-order valence-electron chi connectivity index (χ2n) is 4.97. The molecule has 0 saturated heterocycles. The number of thiophene rings is 1. The number of hydrogen-bond acceptors (Lipinski definition) is 4. The number of methoxy groups -OCH3 is 1. The van der Waals surface area contributed by atoms with Crippen molar-refractivity contribution in [1.29, 1.82) is 0 Å². The molecular formula is C17H23NO2S. The summed E-state index contributed by atoms with van der Waals surface area (Å²) in [4.78, 5) is 2.71. The van der Waals surface area contributed by atoms with E-state index in [-0.39, 0.29) is 0 Å². The molecule has 0 aliphatic carbocycles. The first-order valence-corrected chi connectivity index (χ1v) is 8.05. The van der Waals surface area contributed by atoms with E-state index in [0.717, 1.165) is 18.0 Å². The molecule has 0 aliphatic heterocycles. The molecule has 0 saturated carbocycles. The van der Waals surface area contributed by atoms with E-state index in [0.29, 0.717) is 12.6 Å². The molecule has 2 rings (SSSR count). The average molecular weight is 305 g/mol. The summed E-state index contributed by atoms with van der Waals surface area (Å²) < 4.78 is 10.9. The zero-order chi connectivity index (χ0) is 15.2. The number of nitrogens with one attached hydrogen (secondary N) is 1. The van der Waals surface area contributed by atoms with Crippen molar-refractivity contribution in [2.45, 2.75) is 33.4 Å². The summed E-state index contributed by atoms with van der Waals surface area (Å²) in [5, 5.41) is 3.55. The molecule has 0 amide bonds. The summed E-state index contributed by atoms with van der Waals surface area (Å²) in [6.07, 6.45) is 0. The van der Waals surface area contributed by atoms with Gasteiger partial charge in [-0.25, -0.2) is 0 Å². The lowest BCUT2D eigenvalue weighted by atomic mass is 10.2. The number of rotatable bonds is 7. The van der Waals surface area contributed by atoms with Crippen LogP contribution in [0.15, 0.2) is 30.3 Å². The SMILES string of the molecule is CCOc1ccc(CNC(C)c2ccc(C)s2)cc1OC. The Labute approximate surface area is 130 Å². The Kier molecular flexibility index (Phi) is 5.65. The van der Waals surface area contributed by atoms with Crippen LogP contribution in [0, 0.1) is 6.92 Å². The quantitative estimate of drug-likeness (QED) is 0.826. The highest BCUT2D eigenvalue weighted by Crippen LogP contribution is 2.28. The van der Waals surface area contributed by atoms with Crippen LogP contribution < -0.4 is 14.8 Å². The van der Waals surface area contributed by atoms with Crippen LogP contribution in [0.25, 0.3) is 0 Å². The molecular weight excluding hydrogens is 282 g/mol. The van der Waals surface area contributed by atoms with Gasteiger partial charge in [-0.05, 0) is 50.6 Å². The summed E-state index contributed by atoms with van der Waals surface area (Å²) >= 11 is 1.84. The molecule has 2 aromatic rings. The summed E-state index contributed by atoms with van der Waals surface area (Å²) in [6.45, 7) is 7.75. The average Bonchev–Trinajstić information content (AvgIpc) is 2.92. The molecule has 21 heavy (non-hydrogen) atoms. The normalized spacial score (nSPS) is 12.2. The largest absolute Gasteiger partial charge is 0.493 e. The zero-order valence-corrected chi connectivity index (χ0v) is 13.9. The van der Waals surface area contributed by atoms with Gasteiger partial charge in [0.25, 0.3) is 0 Å². The second kappa shape index (κ2) is 7.48. The fourth-order valence-electron chi connectivity index (χ4n) is 2.15. The van der Waals surface area contributed by atoms with Crippen LogP contribution in [0.3, 0.4) is 0 Å². The van der Waals surface area contributed by atoms with Gasteiger partial charge in [0.1, 0.15) is 0 Å². The maximum atomic E-state index is 5.54. The minimum absolute atomic E-state index is 0.348. The molecule has 1 aromatic carbocycles. The minimum Gasteiger partial charge on any atom is -0.493 e. The Balaban J connectivity index is 1.99. The molecule has 0 bridgehead atoms. The van der Waals surface area contributed by atoms with Gasteiger partial charge in [0.2, 0.25) is 0 Å². The van der Waals surface area contributed by atoms with Crippen LogP contribution in [0.5, 0.6) is 11.5 Å². The topological polar surface area (TPSA) is 30.5 Å². The highest BCUT2D eigenvalue weighted by molar-refractivity contribution is 7.12. The molecule has 3 nitrogen and oxygen atoms in total. The van der Waals surface area contributed by atoms with Crippen LogP contribution in [0.2, 0.25) is 0 Å². The van der Waals surface area contributed by atoms with Gasteiger partial charge in [-0.2, -0.15) is 0 Å². The highest BCUT2D eigenvalue weighted by atomic mass is 32.1. The van der Waals surface area contributed by atoms with Crippen LogP contribution in [0.4, 0.5) is 0 Å². The van der Waals surface area contributed by atoms with Gasteiger partial charge in [0, 0.05) is 22.3 Å². The van der Waals surface area contributed by atoms with Crippen molar-refractivity contribution in [3.63, 3.8) is 0 Å². The standard InChI is InChI=1S/C17H23NO2S/c1-5-20-15-8-7-14(10-16(15)19-4)11-18-13(3)17-9-6-12(2)21-17/h6-10,13,18H,5,11H2,1-4H3. The van der Waals surface area contributed by atoms with Crippen molar-refractivity contribution in [2.75, 3.05) is 13.7 Å². The first-order valence-electron chi connectivity index (χ1n) is 7.23. The summed E-state index contributed by atoms with van der Waals surface area (Å²) in [5.74, 6) is 1.58. The van der Waals surface area contributed by atoms with Gasteiger partial charge in [-0.3, -0.25) is 0 Å². The molecule has 1 atom stereocenters. The van der Waals surface area contributed by atoms with Gasteiger partial charge in [-0.15, -0.1) is 11.3 Å². The van der Waals surface area contributed by atoms with E-state index in [1.54, 1.807) is 7.11 Å². The molecule has 0 spiro atoms. The summed E-state index contributed by atoms with van der Waals surface area (Å²) in [7, 11) is 1.67. The van der Waals surface area contributed by atoms with Crippen molar-refractivity contribution in [2.24, 2.45) is 0 Å². The zero-order valence-electron chi connectivity index (χ0n) is 13.1. The Morgan fingerprint density at radius 3 is 2.62 bits per heavy atom. The van der Waals surface area contributed by atoms with Crippen molar-refractivity contribution in [1.82, 2.24) is 5.32 Å². The third-order valence-electron chi connectivity index (χ3n) is 3.33. The summed E-state index contributed by atoms with van der Waals surface area (Å²) in [6, 6.07) is 10.8. The molecule has 1 unspecified atom stereocenters. The minimum atomic E-state index is 0.348. The maximum Gasteiger partial charge on any atom is 0.161 e. The monoisotopic (exact) mass is 305 g/mol.